The molecule has 0 saturated carbocycles. The first kappa shape index (κ1) is 16.4. The van der Waals surface area contributed by atoms with Gasteiger partial charge in [0.1, 0.15) is 17.9 Å². The summed E-state index contributed by atoms with van der Waals surface area (Å²) in [5.74, 6) is -2.86. The molecule has 2 rings (SSSR count). The molecule has 1 aliphatic rings. The summed E-state index contributed by atoms with van der Waals surface area (Å²) in [7, 11) is 2.23. The van der Waals surface area contributed by atoms with Crippen LogP contribution in [0, 0.1) is 17.1 Å². The SMILES string of the molecule is COC(=O)CC(C(=O)OC)N1C(=O)c2ccc(F)cc2C1C#N. The van der Waals surface area contributed by atoms with E-state index in [1.807, 2.05) is 6.07 Å². The van der Waals surface area contributed by atoms with Crippen molar-refractivity contribution in [1.82, 2.24) is 4.90 Å². The van der Waals surface area contributed by atoms with Gasteiger partial charge in [-0.1, -0.05) is 0 Å². The molecule has 2 unspecified atom stereocenters. The Morgan fingerprint density at radius 1 is 1.39 bits per heavy atom. The van der Waals surface area contributed by atoms with E-state index in [4.69, 9.17) is 0 Å². The Morgan fingerprint density at radius 2 is 2.09 bits per heavy atom. The number of halogens is 1. The molecule has 0 aliphatic carbocycles. The Kier molecular flexibility index (Phi) is 4.60. The quantitative estimate of drug-likeness (QED) is 0.766. The monoisotopic (exact) mass is 320 g/mol. The predicted molar refractivity (Wildman–Crippen MR) is 73.4 cm³/mol. The molecule has 8 heteroatoms. The molecule has 1 amide bonds. The molecular weight excluding hydrogens is 307 g/mol. The number of esters is 2. The van der Waals surface area contributed by atoms with Gasteiger partial charge in [0.2, 0.25) is 0 Å². The molecule has 0 spiro atoms. The molecule has 1 aliphatic heterocycles. The van der Waals surface area contributed by atoms with E-state index in [2.05, 4.69) is 9.47 Å². The molecule has 0 radical (unpaired) electrons. The van der Waals surface area contributed by atoms with Gasteiger partial charge in [-0.3, -0.25) is 9.59 Å². The molecule has 0 aromatic heterocycles. The van der Waals surface area contributed by atoms with Crippen LogP contribution in [0.25, 0.3) is 0 Å². The highest BCUT2D eigenvalue weighted by Gasteiger charge is 2.45. The lowest BCUT2D eigenvalue weighted by Crippen LogP contribution is -2.45. The molecule has 120 valence electrons. The summed E-state index contributed by atoms with van der Waals surface area (Å²) in [6.45, 7) is 0. The molecule has 1 aromatic rings. The van der Waals surface area contributed by atoms with Crippen molar-refractivity contribution in [1.29, 1.82) is 5.26 Å². The number of amides is 1. The van der Waals surface area contributed by atoms with E-state index in [9.17, 15) is 24.0 Å². The summed E-state index contributed by atoms with van der Waals surface area (Å²) in [5.41, 5.74) is 0.257. The standard InChI is InChI=1S/C15H13FN2O5/c1-22-13(19)6-11(15(21)23-2)18-12(7-17)10-5-8(16)3-4-9(10)14(18)20/h3-5,11-12H,6H2,1-2H3. The minimum atomic E-state index is -1.33. The van der Waals surface area contributed by atoms with Crippen molar-refractivity contribution in [3.63, 3.8) is 0 Å². The van der Waals surface area contributed by atoms with Crippen molar-refractivity contribution in [3.8, 4) is 6.07 Å². The highest BCUT2D eigenvalue weighted by molar-refractivity contribution is 6.02. The minimum absolute atomic E-state index is 0.108. The molecule has 2 atom stereocenters. The summed E-state index contributed by atoms with van der Waals surface area (Å²) in [5, 5.41) is 9.35. The summed E-state index contributed by atoms with van der Waals surface area (Å²) in [4.78, 5) is 36.9. The first-order valence-corrected chi connectivity index (χ1v) is 6.61. The van der Waals surface area contributed by atoms with Gasteiger partial charge < -0.3 is 14.4 Å². The topological polar surface area (TPSA) is 96.7 Å². The normalized spacial score (nSPS) is 17.2. The molecule has 23 heavy (non-hydrogen) atoms. The van der Waals surface area contributed by atoms with Crippen molar-refractivity contribution < 1.29 is 28.2 Å². The Morgan fingerprint density at radius 3 is 2.65 bits per heavy atom. The number of hydrogen-bond acceptors (Lipinski definition) is 6. The zero-order valence-corrected chi connectivity index (χ0v) is 12.4. The average Bonchev–Trinajstić information content (AvgIpc) is 2.82. The van der Waals surface area contributed by atoms with Gasteiger partial charge in [-0.15, -0.1) is 0 Å². The van der Waals surface area contributed by atoms with Gasteiger partial charge in [0.15, 0.2) is 0 Å². The lowest BCUT2D eigenvalue weighted by molar-refractivity contribution is -0.152. The van der Waals surface area contributed by atoms with Gasteiger partial charge in [-0.25, -0.2) is 9.18 Å². The summed E-state index contributed by atoms with van der Waals surface area (Å²) in [6.07, 6.45) is -0.469. The number of nitriles is 1. The molecule has 0 N–H and O–H groups in total. The third kappa shape index (κ3) is 2.85. The summed E-state index contributed by atoms with van der Waals surface area (Å²) in [6, 6.07) is 2.72. The average molecular weight is 320 g/mol. The van der Waals surface area contributed by atoms with Gasteiger partial charge in [-0.2, -0.15) is 5.26 Å². The number of rotatable bonds is 4. The van der Waals surface area contributed by atoms with Crippen molar-refractivity contribution in [2.24, 2.45) is 0 Å². The second-order valence-electron chi connectivity index (χ2n) is 4.79. The van der Waals surface area contributed by atoms with Crippen LogP contribution in [0.15, 0.2) is 18.2 Å². The van der Waals surface area contributed by atoms with Crippen LogP contribution in [0.3, 0.4) is 0 Å². The number of carbonyl (C=O) groups excluding carboxylic acids is 3. The maximum Gasteiger partial charge on any atom is 0.329 e. The van der Waals surface area contributed by atoms with E-state index < -0.39 is 42.2 Å². The third-order valence-electron chi connectivity index (χ3n) is 3.57. The first-order valence-electron chi connectivity index (χ1n) is 6.61. The molecule has 1 aromatic carbocycles. The smallest absolute Gasteiger partial charge is 0.329 e. The highest BCUT2D eigenvalue weighted by Crippen LogP contribution is 2.36. The second-order valence-corrected chi connectivity index (χ2v) is 4.79. The van der Waals surface area contributed by atoms with Crippen LogP contribution < -0.4 is 0 Å². The number of ether oxygens (including phenoxy) is 2. The molecule has 0 saturated heterocycles. The zero-order valence-electron chi connectivity index (χ0n) is 12.4. The van der Waals surface area contributed by atoms with Crippen molar-refractivity contribution in [3.05, 3.63) is 35.1 Å². The minimum Gasteiger partial charge on any atom is -0.469 e. The Balaban J connectivity index is 2.47. The molecule has 1 heterocycles. The zero-order chi connectivity index (χ0) is 17.1. The van der Waals surface area contributed by atoms with Crippen LogP contribution in [0.4, 0.5) is 4.39 Å². The number of carbonyl (C=O) groups is 3. The van der Waals surface area contributed by atoms with Gasteiger partial charge in [-0.05, 0) is 18.2 Å². The van der Waals surface area contributed by atoms with E-state index in [0.29, 0.717) is 0 Å². The highest BCUT2D eigenvalue weighted by atomic mass is 19.1. The van der Waals surface area contributed by atoms with E-state index in [-0.39, 0.29) is 11.1 Å². The van der Waals surface area contributed by atoms with Gasteiger partial charge >= 0.3 is 11.9 Å². The Hall–Kier alpha value is -2.95. The second kappa shape index (κ2) is 6.44. The predicted octanol–water partition coefficient (Wildman–Crippen LogP) is 0.951. The number of methoxy groups -OCH3 is 2. The lowest BCUT2D eigenvalue weighted by Gasteiger charge is -2.27. The number of benzene rings is 1. The molecule has 0 bridgehead atoms. The fraction of sp³-hybridized carbons (Fsp3) is 0.333. The Bertz CT molecular complexity index is 712. The van der Waals surface area contributed by atoms with Crippen molar-refractivity contribution in [2.45, 2.75) is 18.5 Å². The van der Waals surface area contributed by atoms with Crippen LogP contribution in [-0.2, 0) is 19.1 Å². The van der Waals surface area contributed by atoms with Crippen molar-refractivity contribution in [2.75, 3.05) is 14.2 Å². The van der Waals surface area contributed by atoms with Crippen LogP contribution in [0.2, 0.25) is 0 Å². The number of fused-ring (bicyclic) bond motifs is 1. The van der Waals surface area contributed by atoms with E-state index in [0.717, 1.165) is 31.3 Å². The largest absolute Gasteiger partial charge is 0.469 e. The first-order chi connectivity index (χ1) is 10.9. The van der Waals surface area contributed by atoms with E-state index in [1.165, 1.54) is 6.07 Å². The van der Waals surface area contributed by atoms with Gasteiger partial charge in [0, 0.05) is 11.1 Å². The van der Waals surface area contributed by atoms with Crippen LogP contribution >= 0.6 is 0 Å². The van der Waals surface area contributed by atoms with Crippen LogP contribution in [0.5, 0.6) is 0 Å². The summed E-state index contributed by atoms with van der Waals surface area (Å²) >= 11 is 0. The van der Waals surface area contributed by atoms with E-state index >= 15 is 0 Å². The fourth-order valence-corrected chi connectivity index (χ4v) is 2.49. The molecular formula is C15H13FN2O5. The fourth-order valence-electron chi connectivity index (χ4n) is 2.49. The van der Waals surface area contributed by atoms with Gasteiger partial charge in [0.05, 0.1) is 26.7 Å². The van der Waals surface area contributed by atoms with Gasteiger partial charge in [0.25, 0.3) is 5.91 Å². The molecule has 0 fully saturated rings. The lowest BCUT2D eigenvalue weighted by atomic mass is 10.0. The molecule has 7 nitrogen and oxygen atoms in total. The summed E-state index contributed by atoms with van der Waals surface area (Å²) < 4.78 is 22.5. The maximum absolute atomic E-state index is 13.4. The third-order valence-corrected chi connectivity index (χ3v) is 3.57. The Labute approximate surface area is 131 Å². The van der Waals surface area contributed by atoms with Crippen LogP contribution in [0.1, 0.15) is 28.4 Å². The number of nitrogens with zero attached hydrogens (tertiary/aromatic N) is 2. The van der Waals surface area contributed by atoms with Crippen LogP contribution in [-0.4, -0.2) is 43.0 Å². The van der Waals surface area contributed by atoms with E-state index in [1.54, 1.807) is 0 Å². The maximum atomic E-state index is 13.4. The van der Waals surface area contributed by atoms with Crippen molar-refractivity contribution >= 4 is 17.8 Å². The number of hydrogen-bond donors (Lipinski definition) is 0.